The summed E-state index contributed by atoms with van der Waals surface area (Å²) in [5.41, 5.74) is 10.4. The number of nitrogens with one attached hydrogen (secondary N) is 1. The second-order valence-corrected chi connectivity index (χ2v) is 19.1. The van der Waals surface area contributed by atoms with Crippen molar-refractivity contribution in [2.75, 3.05) is 56.0 Å². The molecule has 2 aliphatic rings. The Morgan fingerprint density at radius 1 is 0.757 bits per heavy atom. The molecule has 70 heavy (non-hydrogen) atoms. The molecule has 368 valence electrons. The van der Waals surface area contributed by atoms with Gasteiger partial charge in [-0.15, -0.1) is 18.2 Å². The van der Waals surface area contributed by atoms with Crippen molar-refractivity contribution in [3.8, 4) is 0 Å². The molecule has 4 aromatic rings. The predicted molar refractivity (Wildman–Crippen MR) is 275 cm³/mol. The number of nitrogens with zero attached hydrogens (tertiary/aromatic N) is 3. The zero-order chi connectivity index (χ0) is 50.9. The Morgan fingerprint density at radius 2 is 1.29 bits per heavy atom. The van der Waals surface area contributed by atoms with E-state index in [-0.39, 0.29) is 51.2 Å². The predicted octanol–water partition coefficient (Wildman–Crippen LogP) is 5.70. The zero-order valence-electron chi connectivity index (χ0n) is 41.6. The standard InChI is InChI=1S/C27H34N2O3S.C26H30N2O3S.Na.O3S/c1-5-28(6-2)23-17-13-21(14-18-23)27(25-11-9-10-12-26(25)33(30,31)32)22-15-19-24(20-16-22)29(7-3)8-4;1-5-27-22-13-9-20(10-14-22)26(21-11-15-23(16-12-21)28(6-2)7-3)25-18-24(32(29,30)31)17-8-19(25)4;;1-4(2)3/h10-21,27H,5-8H2,1-4H3,(H,30,31,32);8-18H,5-7H2,1-4H3,(H,29,30,31);;/q;;+1;. The molecule has 0 saturated heterocycles. The van der Waals surface area contributed by atoms with Crippen molar-refractivity contribution < 1.29 is 77.3 Å². The Hall–Kier alpha value is -5.04. The SMILES string of the molecule is CCN(CC)c1ccc(C(c2c[c-]ccc2S(=O)(=O)[O-])C2C=CC(=[N+](CC)CC)C=C2)cc1.CCNc1ccc(C(=C2C=CC(=[N+](CC)CC)C=C2)c2cc(S(=O)(=O)O)ccc2C)cc1.O=S(=O)=O.[Na+]. The molecule has 0 aliphatic heterocycles. The van der Waals surface area contributed by atoms with Gasteiger partial charge in [-0.05, 0) is 144 Å². The molecule has 0 fully saturated rings. The summed E-state index contributed by atoms with van der Waals surface area (Å²) in [6, 6.07) is 28.5. The number of aryl methyl sites for hydroxylation is 1. The van der Waals surface area contributed by atoms with Gasteiger partial charge in [0.2, 0.25) is 0 Å². The fraction of sp³-hybridized carbons (Fsp3) is 0.321. The molecule has 1 atom stereocenters. The van der Waals surface area contributed by atoms with Crippen LogP contribution < -0.4 is 39.8 Å². The van der Waals surface area contributed by atoms with E-state index in [4.69, 9.17) is 12.6 Å². The van der Waals surface area contributed by atoms with Crippen LogP contribution in [0.3, 0.4) is 0 Å². The Kier molecular flexibility index (Phi) is 23.8. The Bertz CT molecular complexity index is 2940. The first-order valence-electron chi connectivity index (χ1n) is 23.1. The van der Waals surface area contributed by atoms with Crippen molar-refractivity contribution in [2.45, 2.75) is 71.1 Å². The van der Waals surface area contributed by atoms with E-state index in [0.717, 1.165) is 102 Å². The van der Waals surface area contributed by atoms with E-state index in [9.17, 15) is 25.9 Å². The quantitative estimate of drug-likeness (QED) is 0.0608. The van der Waals surface area contributed by atoms with Gasteiger partial charge in [-0.3, -0.25) is 4.55 Å². The number of rotatable bonds is 16. The molecule has 0 amide bonds. The van der Waals surface area contributed by atoms with E-state index >= 15 is 0 Å². The van der Waals surface area contributed by atoms with Gasteiger partial charge >= 0.3 is 40.2 Å². The number of hydrogen-bond acceptors (Lipinski definition) is 10. The second kappa shape index (κ2) is 28.1. The summed E-state index contributed by atoms with van der Waals surface area (Å²) in [6.45, 7) is 23.0. The first-order valence-corrected chi connectivity index (χ1v) is 26.9. The number of anilines is 2. The van der Waals surface area contributed by atoms with E-state index < -0.39 is 30.8 Å². The summed E-state index contributed by atoms with van der Waals surface area (Å²) in [6.07, 6.45) is 16.7. The molecule has 0 radical (unpaired) electrons. The van der Waals surface area contributed by atoms with Crippen LogP contribution >= 0.6 is 0 Å². The van der Waals surface area contributed by atoms with E-state index in [2.05, 4.69) is 128 Å². The Morgan fingerprint density at radius 3 is 1.76 bits per heavy atom. The van der Waals surface area contributed by atoms with E-state index in [1.54, 1.807) is 18.2 Å². The summed E-state index contributed by atoms with van der Waals surface area (Å²) in [7, 11) is -12.0. The summed E-state index contributed by atoms with van der Waals surface area (Å²) in [4.78, 5) is 1.97. The van der Waals surface area contributed by atoms with Gasteiger partial charge in [-0.2, -0.15) is 32.7 Å². The van der Waals surface area contributed by atoms with Crippen LogP contribution in [0.15, 0.2) is 149 Å². The minimum absolute atomic E-state index is 0. The fourth-order valence-corrected chi connectivity index (χ4v) is 9.66. The van der Waals surface area contributed by atoms with E-state index in [1.807, 2.05) is 50.2 Å². The summed E-state index contributed by atoms with van der Waals surface area (Å²) in [5.74, 6) is -0.419. The molecule has 0 bridgehead atoms. The number of allylic oxidation sites excluding steroid dienone is 9. The normalized spacial score (nSPS) is 14.3. The average Bonchev–Trinajstić information content (AvgIpc) is 3.32. The summed E-state index contributed by atoms with van der Waals surface area (Å²) < 4.78 is 99.4. The third-order valence-corrected chi connectivity index (χ3v) is 13.7. The maximum Gasteiger partial charge on any atom is 1.00 e. The van der Waals surface area contributed by atoms with Crippen molar-refractivity contribution in [2.24, 2.45) is 5.92 Å². The van der Waals surface area contributed by atoms with Gasteiger partial charge in [-0.25, -0.2) is 17.6 Å². The molecule has 6 rings (SSSR count). The molecule has 0 heterocycles. The van der Waals surface area contributed by atoms with Gasteiger partial charge in [0, 0.05) is 55.3 Å². The Balaban J connectivity index is 0.000000340. The number of hydrogen-bond donors (Lipinski definition) is 2. The molecule has 0 aromatic heterocycles. The molecule has 2 N–H and O–H groups in total. The van der Waals surface area contributed by atoms with Gasteiger partial charge in [0.15, 0.2) is 11.4 Å². The van der Waals surface area contributed by atoms with Crippen molar-refractivity contribution in [1.82, 2.24) is 0 Å². The van der Waals surface area contributed by atoms with Gasteiger partial charge in [0.25, 0.3) is 10.1 Å². The van der Waals surface area contributed by atoms with Crippen molar-refractivity contribution >= 4 is 59.2 Å². The van der Waals surface area contributed by atoms with Crippen LogP contribution in [0.5, 0.6) is 0 Å². The first kappa shape index (κ1) is 59.3. The molecular formula is C53H64N4NaO9S3+. The van der Waals surface area contributed by atoms with Crippen molar-refractivity contribution in [3.63, 3.8) is 0 Å². The third-order valence-electron chi connectivity index (χ3n) is 11.9. The van der Waals surface area contributed by atoms with Crippen LogP contribution in [0.1, 0.15) is 82.2 Å². The molecule has 13 nitrogen and oxygen atoms in total. The van der Waals surface area contributed by atoms with Crippen LogP contribution in [0.2, 0.25) is 0 Å². The average molecular weight is 1020 g/mol. The van der Waals surface area contributed by atoms with Crippen LogP contribution in [0.25, 0.3) is 5.57 Å². The fourth-order valence-electron chi connectivity index (χ4n) is 8.45. The summed E-state index contributed by atoms with van der Waals surface area (Å²) >= 11 is 0. The minimum Gasteiger partial charge on any atom is -0.746 e. The van der Waals surface area contributed by atoms with E-state index in [0.29, 0.717) is 5.56 Å². The molecule has 0 saturated carbocycles. The topological polar surface area (TPSA) is 184 Å². The van der Waals surface area contributed by atoms with Crippen molar-refractivity contribution in [1.29, 1.82) is 0 Å². The van der Waals surface area contributed by atoms with Crippen LogP contribution in [-0.4, -0.2) is 105 Å². The molecule has 17 heteroatoms. The number of benzene rings is 4. The molecule has 2 aliphatic carbocycles. The molecule has 4 aromatic carbocycles. The third kappa shape index (κ3) is 16.2. The van der Waals surface area contributed by atoms with Crippen LogP contribution in [-0.2, 0) is 30.8 Å². The monoisotopic (exact) mass is 1020 g/mol. The Labute approximate surface area is 439 Å². The van der Waals surface area contributed by atoms with Gasteiger partial charge in [0.05, 0.1) is 4.90 Å². The van der Waals surface area contributed by atoms with Crippen LogP contribution in [0.4, 0.5) is 11.4 Å². The van der Waals surface area contributed by atoms with Crippen LogP contribution in [0, 0.1) is 18.9 Å². The smallest absolute Gasteiger partial charge is 0.746 e. The maximum absolute atomic E-state index is 12.1. The minimum atomic E-state index is -4.63. The summed E-state index contributed by atoms with van der Waals surface area (Å²) in [5, 5.41) is 3.30. The molecular weight excluding hydrogens is 956 g/mol. The maximum atomic E-state index is 12.1. The van der Waals surface area contributed by atoms with Gasteiger partial charge in [0.1, 0.15) is 36.3 Å². The first-order chi connectivity index (χ1) is 32.8. The van der Waals surface area contributed by atoms with Gasteiger partial charge < -0.3 is 14.8 Å². The second-order valence-electron chi connectivity index (χ2n) is 15.9. The zero-order valence-corrected chi connectivity index (χ0v) is 46.0. The molecule has 0 spiro atoms. The largest absolute Gasteiger partial charge is 1.00 e. The molecule has 1 unspecified atom stereocenters. The van der Waals surface area contributed by atoms with Gasteiger partial charge in [-0.1, -0.05) is 52.9 Å². The van der Waals surface area contributed by atoms with E-state index in [1.165, 1.54) is 18.2 Å². The van der Waals surface area contributed by atoms with Crippen molar-refractivity contribution in [3.05, 3.63) is 173 Å².